The van der Waals surface area contributed by atoms with Gasteiger partial charge in [0.1, 0.15) is 12.0 Å². The fourth-order valence-electron chi connectivity index (χ4n) is 1.10. The Morgan fingerprint density at radius 2 is 2.40 bits per heavy atom. The van der Waals surface area contributed by atoms with Crippen LogP contribution in [0.1, 0.15) is 12.5 Å². The molecule has 0 saturated carbocycles. The van der Waals surface area contributed by atoms with Crippen molar-refractivity contribution in [1.29, 1.82) is 0 Å². The third-order valence-corrected chi connectivity index (χ3v) is 1.87. The SMILES string of the molecule is Cc1cc([N+](=O)[O-])cnc1NCC(C)N. The zero-order valence-corrected chi connectivity index (χ0v) is 8.73. The normalized spacial score (nSPS) is 12.2. The molecule has 0 radical (unpaired) electrons. The van der Waals surface area contributed by atoms with Crippen LogP contribution in [-0.4, -0.2) is 22.5 Å². The van der Waals surface area contributed by atoms with Crippen molar-refractivity contribution in [2.75, 3.05) is 11.9 Å². The topological polar surface area (TPSA) is 94.1 Å². The number of hydrogen-bond donors (Lipinski definition) is 2. The molecule has 0 aliphatic carbocycles. The number of aryl methyl sites for hydroxylation is 1. The average Bonchev–Trinajstić information content (AvgIpc) is 2.15. The molecule has 1 atom stereocenters. The molecular weight excluding hydrogens is 196 g/mol. The van der Waals surface area contributed by atoms with Gasteiger partial charge in [0.25, 0.3) is 5.69 Å². The Hall–Kier alpha value is -1.69. The fraction of sp³-hybridized carbons (Fsp3) is 0.444. The van der Waals surface area contributed by atoms with Crippen LogP contribution in [-0.2, 0) is 0 Å². The van der Waals surface area contributed by atoms with Crippen LogP contribution in [0.4, 0.5) is 11.5 Å². The number of rotatable bonds is 4. The molecule has 1 heterocycles. The molecule has 0 bridgehead atoms. The molecule has 6 nitrogen and oxygen atoms in total. The third kappa shape index (κ3) is 3.17. The van der Waals surface area contributed by atoms with E-state index in [0.717, 1.165) is 5.56 Å². The molecule has 15 heavy (non-hydrogen) atoms. The Kier molecular flexibility index (Phi) is 3.56. The maximum Gasteiger partial charge on any atom is 0.287 e. The molecule has 1 unspecified atom stereocenters. The smallest absolute Gasteiger partial charge is 0.287 e. The number of nitrogens with zero attached hydrogens (tertiary/aromatic N) is 2. The fourth-order valence-corrected chi connectivity index (χ4v) is 1.10. The Balaban J connectivity index is 2.79. The van der Waals surface area contributed by atoms with E-state index in [4.69, 9.17) is 5.73 Å². The summed E-state index contributed by atoms with van der Waals surface area (Å²) in [5.74, 6) is 0.637. The van der Waals surface area contributed by atoms with E-state index in [2.05, 4.69) is 10.3 Å². The number of hydrogen-bond acceptors (Lipinski definition) is 5. The van der Waals surface area contributed by atoms with Gasteiger partial charge in [-0.1, -0.05) is 0 Å². The lowest BCUT2D eigenvalue weighted by atomic mass is 10.2. The standard InChI is InChI=1S/C9H14N4O2/c1-6-3-8(13(14)15)5-12-9(6)11-4-7(2)10/h3,5,7H,4,10H2,1-2H3,(H,11,12). The largest absolute Gasteiger partial charge is 0.368 e. The molecule has 0 aromatic carbocycles. The maximum absolute atomic E-state index is 10.5. The highest BCUT2D eigenvalue weighted by molar-refractivity contribution is 5.48. The van der Waals surface area contributed by atoms with Crippen molar-refractivity contribution in [3.05, 3.63) is 27.9 Å². The number of pyridine rings is 1. The maximum atomic E-state index is 10.5. The second-order valence-corrected chi connectivity index (χ2v) is 3.47. The number of nitrogens with two attached hydrogens (primary N) is 1. The van der Waals surface area contributed by atoms with Crippen molar-refractivity contribution in [3.63, 3.8) is 0 Å². The zero-order valence-electron chi connectivity index (χ0n) is 8.73. The van der Waals surface area contributed by atoms with Crippen LogP contribution in [0.15, 0.2) is 12.3 Å². The Morgan fingerprint density at radius 1 is 1.73 bits per heavy atom. The van der Waals surface area contributed by atoms with Crippen molar-refractivity contribution < 1.29 is 4.92 Å². The van der Waals surface area contributed by atoms with Crippen molar-refractivity contribution in [1.82, 2.24) is 4.98 Å². The first kappa shape index (κ1) is 11.4. The van der Waals surface area contributed by atoms with Gasteiger partial charge in [-0.2, -0.15) is 0 Å². The minimum absolute atomic E-state index is 0.00107. The van der Waals surface area contributed by atoms with Crippen molar-refractivity contribution in [2.24, 2.45) is 5.73 Å². The zero-order chi connectivity index (χ0) is 11.4. The summed E-state index contributed by atoms with van der Waals surface area (Å²) in [7, 11) is 0. The van der Waals surface area contributed by atoms with Crippen LogP contribution in [0.2, 0.25) is 0 Å². The van der Waals surface area contributed by atoms with Gasteiger partial charge in [-0.15, -0.1) is 0 Å². The van der Waals surface area contributed by atoms with Gasteiger partial charge >= 0.3 is 0 Å². The summed E-state index contributed by atoms with van der Waals surface area (Å²) >= 11 is 0. The third-order valence-electron chi connectivity index (χ3n) is 1.87. The molecule has 0 saturated heterocycles. The van der Waals surface area contributed by atoms with E-state index in [-0.39, 0.29) is 11.7 Å². The van der Waals surface area contributed by atoms with E-state index in [1.807, 2.05) is 6.92 Å². The summed E-state index contributed by atoms with van der Waals surface area (Å²) in [6.07, 6.45) is 1.23. The Bertz CT molecular complexity index is 365. The van der Waals surface area contributed by atoms with Crippen LogP contribution in [0, 0.1) is 17.0 Å². The highest BCUT2D eigenvalue weighted by atomic mass is 16.6. The summed E-state index contributed by atoms with van der Waals surface area (Å²) in [5, 5.41) is 13.5. The minimum atomic E-state index is -0.463. The molecular formula is C9H14N4O2. The molecule has 0 aliphatic heterocycles. The molecule has 82 valence electrons. The van der Waals surface area contributed by atoms with Crippen LogP contribution in [0.25, 0.3) is 0 Å². The van der Waals surface area contributed by atoms with Gasteiger partial charge in [0.2, 0.25) is 0 Å². The van der Waals surface area contributed by atoms with Crippen LogP contribution in [0.3, 0.4) is 0 Å². The predicted octanol–water partition coefficient (Wildman–Crippen LogP) is 1.06. The molecule has 1 aromatic rings. The lowest BCUT2D eigenvalue weighted by Crippen LogP contribution is -2.25. The molecule has 1 aromatic heterocycles. The van der Waals surface area contributed by atoms with Gasteiger partial charge in [-0.25, -0.2) is 4.98 Å². The summed E-state index contributed by atoms with van der Waals surface area (Å²) in [4.78, 5) is 14.0. The molecule has 0 spiro atoms. The van der Waals surface area contributed by atoms with Crippen molar-refractivity contribution in [2.45, 2.75) is 19.9 Å². The van der Waals surface area contributed by atoms with Crippen LogP contribution < -0.4 is 11.1 Å². The van der Waals surface area contributed by atoms with E-state index in [1.165, 1.54) is 12.3 Å². The lowest BCUT2D eigenvalue weighted by Gasteiger charge is -2.09. The summed E-state index contributed by atoms with van der Waals surface area (Å²) in [6, 6.07) is 1.50. The first-order valence-electron chi connectivity index (χ1n) is 4.61. The van der Waals surface area contributed by atoms with Gasteiger partial charge in [-0.05, 0) is 19.4 Å². The van der Waals surface area contributed by atoms with Crippen LogP contribution >= 0.6 is 0 Å². The molecule has 0 fully saturated rings. The first-order valence-corrected chi connectivity index (χ1v) is 4.61. The quantitative estimate of drug-likeness (QED) is 0.572. The Labute approximate surface area is 87.7 Å². The van der Waals surface area contributed by atoms with Gasteiger partial charge in [0, 0.05) is 18.7 Å². The highest BCUT2D eigenvalue weighted by Gasteiger charge is 2.09. The summed E-state index contributed by atoms with van der Waals surface area (Å²) in [6.45, 7) is 4.23. The molecule has 6 heteroatoms. The Morgan fingerprint density at radius 3 is 2.87 bits per heavy atom. The van der Waals surface area contributed by atoms with Crippen molar-refractivity contribution in [3.8, 4) is 0 Å². The van der Waals surface area contributed by atoms with Crippen molar-refractivity contribution >= 4 is 11.5 Å². The minimum Gasteiger partial charge on any atom is -0.368 e. The number of anilines is 1. The van der Waals surface area contributed by atoms with Gasteiger partial charge < -0.3 is 11.1 Å². The van der Waals surface area contributed by atoms with Gasteiger partial charge in [0.15, 0.2) is 0 Å². The summed E-state index contributed by atoms with van der Waals surface area (Å²) in [5.41, 5.74) is 6.31. The predicted molar refractivity (Wildman–Crippen MR) is 57.8 cm³/mol. The molecule has 0 amide bonds. The number of aromatic nitrogens is 1. The molecule has 1 rings (SSSR count). The number of nitro groups is 1. The highest BCUT2D eigenvalue weighted by Crippen LogP contribution is 2.17. The molecule has 0 aliphatic rings. The van der Waals surface area contributed by atoms with Gasteiger partial charge in [-0.3, -0.25) is 10.1 Å². The number of nitrogens with one attached hydrogen (secondary N) is 1. The lowest BCUT2D eigenvalue weighted by molar-refractivity contribution is -0.385. The average molecular weight is 210 g/mol. The van der Waals surface area contributed by atoms with E-state index >= 15 is 0 Å². The van der Waals surface area contributed by atoms with E-state index in [9.17, 15) is 10.1 Å². The van der Waals surface area contributed by atoms with E-state index in [1.54, 1.807) is 6.92 Å². The second kappa shape index (κ2) is 4.70. The van der Waals surface area contributed by atoms with E-state index in [0.29, 0.717) is 12.4 Å². The van der Waals surface area contributed by atoms with E-state index < -0.39 is 4.92 Å². The van der Waals surface area contributed by atoms with Crippen LogP contribution in [0.5, 0.6) is 0 Å². The monoisotopic (exact) mass is 210 g/mol. The van der Waals surface area contributed by atoms with Gasteiger partial charge in [0.05, 0.1) is 4.92 Å². The first-order chi connectivity index (χ1) is 7.00. The second-order valence-electron chi connectivity index (χ2n) is 3.47. The summed E-state index contributed by atoms with van der Waals surface area (Å²) < 4.78 is 0. The molecule has 3 N–H and O–H groups in total.